The number of imidazole rings is 1. The molecule has 2 heterocycles. The summed E-state index contributed by atoms with van der Waals surface area (Å²) >= 11 is 0.960. The van der Waals surface area contributed by atoms with Crippen molar-refractivity contribution in [2.75, 3.05) is 5.73 Å². The average Bonchev–Trinajstić information content (AvgIpc) is 2.79. The number of nitrogen functional groups attached to an aromatic ring is 1. The highest BCUT2D eigenvalue weighted by Crippen LogP contribution is 2.31. The van der Waals surface area contributed by atoms with Gasteiger partial charge in [0, 0.05) is 6.07 Å². The van der Waals surface area contributed by atoms with Crippen molar-refractivity contribution >= 4 is 28.6 Å². The van der Waals surface area contributed by atoms with Gasteiger partial charge in [0.25, 0.3) is 0 Å². The third kappa shape index (κ3) is 2.92. The number of alkyl halides is 3. The van der Waals surface area contributed by atoms with Crippen LogP contribution in [-0.2, 0) is 6.18 Å². The molecular weight excluding hydrogens is 303 g/mol. The molecule has 0 aliphatic heterocycles. The number of nitrogens with zero attached hydrogens (tertiary/aromatic N) is 3. The summed E-state index contributed by atoms with van der Waals surface area (Å²) in [6.45, 7) is 0. The summed E-state index contributed by atoms with van der Waals surface area (Å²) in [6.07, 6.45) is -4.64. The van der Waals surface area contributed by atoms with E-state index >= 15 is 0 Å². The Morgan fingerprint density at radius 3 is 2.57 bits per heavy atom. The highest BCUT2D eigenvalue weighted by molar-refractivity contribution is 7.99. The van der Waals surface area contributed by atoms with Crippen LogP contribution in [0.3, 0.4) is 0 Å². The SMILES string of the molecule is Nc1cc(Sc2nc3ccccc3[nH]2)nc(C(F)(F)F)n1. The molecule has 5 nitrogen and oxygen atoms in total. The van der Waals surface area contributed by atoms with Crippen molar-refractivity contribution < 1.29 is 13.2 Å². The van der Waals surface area contributed by atoms with Crippen molar-refractivity contribution in [2.24, 2.45) is 0 Å². The lowest BCUT2D eigenvalue weighted by Gasteiger charge is -2.07. The monoisotopic (exact) mass is 311 g/mol. The number of para-hydroxylation sites is 2. The lowest BCUT2D eigenvalue weighted by atomic mass is 10.3. The van der Waals surface area contributed by atoms with E-state index in [0.29, 0.717) is 5.16 Å². The second kappa shape index (κ2) is 4.92. The van der Waals surface area contributed by atoms with Gasteiger partial charge in [0.1, 0.15) is 10.8 Å². The predicted molar refractivity (Wildman–Crippen MR) is 71.7 cm³/mol. The largest absolute Gasteiger partial charge is 0.451 e. The summed E-state index contributed by atoms with van der Waals surface area (Å²) in [5, 5.41) is 0.510. The first kappa shape index (κ1) is 13.7. The van der Waals surface area contributed by atoms with Gasteiger partial charge >= 0.3 is 6.18 Å². The first-order valence-corrected chi connectivity index (χ1v) is 6.58. The number of hydrogen-bond acceptors (Lipinski definition) is 5. The second-order valence-corrected chi connectivity index (χ2v) is 5.12. The zero-order valence-corrected chi connectivity index (χ0v) is 11.2. The van der Waals surface area contributed by atoms with E-state index in [4.69, 9.17) is 5.73 Å². The molecule has 0 aliphatic rings. The molecule has 2 aromatic heterocycles. The van der Waals surface area contributed by atoms with Gasteiger partial charge in [-0.05, 0) is 23.9 Å². The quantitative estimate of drug-likeness (QED) is 0.711. The Morgan fingerprint density at radius 1 is 1.10 bits per heavy atom. The Labute approximate surface area is 120 Å². The summed E-state index contributed by atoms with van der Waals surface area (Å²) < 4.78 is 37.9. The van der Waals surface area contributed by atoms with E-state index in [-0.39, 0.29) is 10.8 Å². The summed E-state index contributed by atoms with van der Waals surface area (Å²) in [4.78, 5) is 13.9. The molecule has 0 saturated carbocycles. The van der Waals surface area contributed by atoms with Gasteiger partial charge in [-0.15, -0.1) is 0 Å². The molecule has 3 N–H and O–H groups in total. The number of aromatic nitrogens is 4. The lowest BCUT2D eigenvalue weighted by molar-refractivity contribution is -0.145. The number of nitrogens with two attached hydrogens (primary N) is 1. The number of benzene rings is 1. The topological polar surface area (TPSA) is 80.5 Å². The molecule has 0 atom stereocenters. The maximum atomic E-state index is 12.6. The van der Waals surface area contributed by atoms with Crippen LogP contribution in [0.25, 0.3) is 11.0 Å². The van der Waals surface area contributed by atoms with Crippen LogP contribution in [-0.4, -0.2) is 19.9 Å². The summed E-state index contributed by atoms with van der Waals surface area (Å²) in [6, 6.07) is 8.54. The van der Waals surface area contributed by atoms with Crippen molar-refractivity contribution in [1.29, 1.82) is 0 Å². The average molecular weight is 311 g/mol. The van der Waals surface area contributed by atoms with Crippen molar-refractivity contribution in [3.05, 3.63) is 36.2 Å². The van der Waals surface area contributed by atoms with Gasteiger partial charge in [0.15, 0.2) is 5.16 Å². The Hall–Kier alpha value is -2.29. The second-order valence-electron chi connectivity index (χ2n) is 4.11. The first-order valence-electron chi connectivity index (χ1n) is 5.76. The van der Waals surface area contributed by atoms with Crippen LogP contribution in [0.15, 0.2) is 40.5 Å². The van der Waals surface area contributed by atoms with E-state index in [1.54, 1.807) is 6.07 Å². The Morgan fingerprint density at radius 2 is 1.86 bits per heavy atom. The van der Waals surface area contributed by atoms with Gasteiger partial charge in [0.2, 0.25) is 5.82 Å². The van der Waals surface area contributed by atoms with E-state index in [1.807, 2.05) is 18.2 Å². The van der Waals surface area contributed by atoms with Crippen LogP contribution >= 0.6 is 11.8 Å². The van der Waals surface area contributed by atoms with Gasteiger partial charge in [-0.25, -0.2) is 15.0 Å². The number of rotatable bonds is 2. The zero-order chi connectivity index (χ0) is 15.0. The van der Waals surface area contributed by atoms with E-state index in [9.17, 15) is 13.2 Å². The first-order chi connectivity index (χ1) is 9.91. The number of hydrogen-bond donors (Lipinski definition) is 2. The fraction of sp³-hybridized carbons (Fsp3) is 0.0833. The molecule has 3 aromatic rings. The van der Waals surface area contributed by atoms with Crippen molar-refractivity contribution in [3.8, 4) is 0 Å². The Bertz CT molecular complexity index is 766. The number of fused-ring (bicyclic) bond motifs is 1. The summed E-state index contributed by atoms with van der Waals surface area (Å²) in [7, 11) is 0. The number of nitrogens with one attached hydrogen (secondary N) is 1. The molecule has 0 bridgehead atoms. The van der Waals surface area contributed by atoms with Crippen LogP contribution < -0.4 is 5.73 Å². The zero-order valence-electron chi connectivity index (χ0n) is 10.3. The molecule has 0 saturated heterocycles. The third-order valence-electron chi connectivity index (χ3n) is 2.54. The van der Waals surface area contributed by atoms with Crippen LogP contribution in [0.1, 0.15) is 5.82 Å². The molecule has 3 rings (SSSR count). The number of halogens is 3. The molecular formula is C12H8F3N5S. The van der Waals surface area contributed by atoms with Gasteiger partial charge in [-0.3, -0.25) is 0 Å². The van der Waals surface area contributed by atoms with Gasteiger partial charge in [0.05, 0.1) is 11.0 Å². The van der Waals surface area contributed by atoms with E-state index in [2.05, 4.69) is 19.9 Å². The molecule has 0 spiro atoms. The molecule has 108 valence electrons. The molecule has 9 heteroatoms. The number of H-pyrrole nitrogens is 1. The van der Waals surface area contributed by atoms with Crippen molar-refractivity contribution in [2.45, 2.75) is 16.4 Å². The fourth-order valence-electron chi connectivity index (χ4n) is 1.70. The third-order valence-corrected chi connectivity index (χ3v) is 3.35. The highest BCUT2D eigenvalue weighted by atomic mass is 32.2. The molecule has 0 radical (unpaired) electrons. The number of aromatic amines is 1. The Kier molecular flexibility index (Phi) is 3.20. The minimum Gasteiger partial charge on any atom is -0.384 e. The number of anilines is 1. The van der Waals surface area contributed by atoms with Crippen LogP contribution in [0, 0.1) is 0 Å². The van der Waals surface area contributed by atoms with Crippen molar-refractivity contribution in [1.82, 2.24) is 19.9 Å². The molecule has 0 aliphatic carbocycles. The van der Waals surface area contributed by atoms with Gasteiger partial charge in [-0.2, -0.15) is 13.2 Å². The minimum absolute atomic E-state index is 0.0777. The predicted octanol–water partition coefficient (Wildman–Crippen LogP) is 3.11. The smallest absolute Gasteiger partial charge is 0.384 e. The van der Waals surface area contributed by atoms with Gasteiger partial charge in [-0.1, -0.05) is 12.1 Å². The van der Waals surface area contributed by atoms with Crippen LogP contribution in [0.5, 0.6) is 0 Å². The standard InChI is InChI=1S/C12H8F3N5S/c13-12(14,15)10-19-8(16)5-9(20-10)21-11-17-6-3-1-2-4-7(6)18-11/h1-5H,(H,17,18)(H2,16,19,20). The van der Waals surface area contributed by atoms with E-state index in [0.717, 1.165) is 22.8 Å². The molecule has 1 aromatic carbocycles. The Balaban J connectivity index is 1.95. The fourth-order valence-corrected chi connectivity index (χ4v) is 2.51. The van der Waals surface area contributed by atoms with Crippen LogP contribution in [0.2, 0.25) is 0 Å². The maximum absolute atomic E-state index is 12.6. The van der Waals surface area contributed by atoms with E-state index in [1.165, 1.54) is 6.07 Å². The normalized spacial score (nSPS) is 12.0. The molecule has 0 amide bonds. The van der Waals surface area contributed by atoms with Crippen molar-refractivity contribution in [3.63, 3.8) is 0 Å². The summed E-state index contributed by atoms with van der Waals surface area (Å²) in [5.74, 6) is -1.50. The van der Waals surface area contributed by atoms with E-state index < -0.39 is 12.0 Å². The van der Waals surface area contributed by atoms with Gasteiger partial charge < -0.3 is 10.7 Å². The highest BCUT2D eigenvalue weighted by Gasteiger charge is 2.35. The molecule has 21 heavy (non-hydrogen) atoms. The maximum Gasteiger partial charge on any atom is 0.451 e. The molecule has 0 unspecified atom stereocenters. The minimum atomic E-state index is -4.64. The summed E-state index contributed by atoms with van der Waals surface area (Å²) in [5.41, 5.74) is 6.90. The molecule has 0 fully saturated rings. The lowest BCUT2D eigenvalue weighted by Crippen LogP contribution is -2.12. The van der Waals surface area contributed by atoms with Crippen LogP contribution in [0.4, 0.5) is 19.0 Å².